The molecule has 0 unspecified atom stereocenters. The van der Waals surface area contributed by atoms with Gasteiger partial charge in [0.1, 0.15) is 0 Å². The Bertz CT molecular complexity index is 2360. The highest BCUT2D eigenvalue weighted by atomic mass is 32.1. The fourth-order valence-electron chi connectivity index (χ4n) is 8.05. The quantitative estimate of drug-likeness (QED) is 0.154. The molecule has 0 aliphatic carbocycles. The van der Waals surface area contributed by atoms with Crippen LogP contribution < -0.4 is 10.4 Å². The van der Waals surface area contributed by atoms with Crippen LogP contribution in [0, 0.1) is 13.8 Å². The first kappa shape index (κ1) is 30.0. The SMILES string of the molecule is Cc1c(C2=C(c3ccccc3)C(c3ccccc3)=C(c3sc4ccccc4c3C)[Si]2(c2ccccc2)c2ccccc2)sc2ccccc12. The van der Waals surface area contributed by atoms with Crippen LogP contribution >= 0.6 is 22.7 Å². The molecule has 1 aliphatic heterocycles. The van der Waals surface area contributed by atoms with E-state index in [1.54, 1.807) is 0 Å². The summed E-state index contributed by atoms with van der Waals surface area (Å²) in [5.74, 6) is 0. The Hall–Kier alpha value is -5.06. The molecule has 0 saturated carbocycles. The Kier molecular flexibility index (Phi) is 7.43. The number of benzene rings is 6. The van der Waals surface area contributed by atoms with Crippen molar-refractivity contribution in [2.75, 3.05) is 0 Å². The fourth-order valence-corrected chi connectivity index (χ4v) is 17.1. The summed E-state index contributed by atoms with van der Waals surface area (Å²) in [5, 5.41) is 8.53. The van der Waals surface area contributed by atoms with Crippen LogP contribution in [0.15, 0.2) is 170 Å². The molecule has 2 aromatic heterocycles. The molecule has 0 N–H and O–H groups in total. The minimum Gasteiger partial charge on any atom is -0.136 e. The summed E-state index contributed by atoms with van der Waals surface area (Å²) in [7, 11) is -3.03. The van der Waals surface area contributed by atoms with E-state index in [4.69, 9.17) is 0 Å². The van der Waals surface area contributed by atoms with Gasteiger partial charge in [0.15, 0.2) is 8.07 Å². The van der Waals surface area contributed by atoms with Crippen molar-refractivity contribution < 1.29 is 0 Å². The first-order valence-corrected chi connectivity index (χ1v) is 20.5. The maximum absolute atomic E-state index is 3.03. The molecule has 0 nitrogen and oxygen atoms in total. The van der Waals surface area contributed by atoms with Crippen LogP contribution in [0.5, 0.6) is 0 Å². The van der Waals surface area contributed by atoms with Gasteiger partial charge >= 0.3 is 0 Å². The number of thiophene rings is 2. The summed E-state index contributed by atoms with van der Waals surface area (Å²) in [6, 6.07) is 63.4. The van der Waals surface area contributed by atoms with Crippen LogP contribution in [0.2, 0.25) is 0 Å². The van der Waals surface area contributed by atoms with E-state index in [9.17, 15) is 0 Å². The Morgan fingerprint density at radius 3 is 1.06 bits per heavy atom. The van der Waals surface area contributed by atoms with Crippen molar-refractivity contribution >= 4 is 82.8 Å². The van der Waals surface area contributed by atoms with Crippen LogP contribution in [0.4, 0.5) is 0 Å². The standard InChI is InChI=1S/C46H34S2Si/c1-31-37-27-15-17-29-39(37)47-43(31)45-41(33-19-7-3-8-20-33)42(34-21-9-4-10-22-34)46(44-32(2)38-28-16-18-30-40(38)48-44)49(45,35-23-11-5-12-24-35)36-25-13-6-14-26-36/h3-30H,1-2H3. The van der Waals surface area contributed by atoms with Gasteiger partial charge in [-0.15, -0.1) is 22.7 Å². The summed E-state index contributed by atoms with van der Waals surface area (Å²) < 4.78 is 2.68. The van der Waals surface area contributed by atoms with Gasteiger partial charge in [0.05, 0.1) is 0 Å². The molecule has 0 spiro atoms. The minimum atomic E-state index is -3.03. The predicted octanol–water partition coefficient (Wildman–Crippen LogP) is 11.6. The van der Waals surface area contributed by atoms with Crippen LogP contribution in [0.1, 0.15) is 32.0 Å². The Morgan fingerprint density at radius 2 is 0.694 bits per heavy atom. The van der Waals surface area contributed by atoms with E-state index in [0.717, 1.165) is 0 Å². The maximum atomic E-state index is 2.42. The number of fused-ring (bicyclic) bond motifs is 2. The first-order chi connectivity index (χ1) is 24.2. The number of allylic oxidation sites excluding steroid dienone is 2. The summed E-state index contributed by atoms with van der Waals surface area (Å²) in [6.45, 7) is 4.70. The molecular formula is C46H34S2Si. The summed E-state index contributed by atoms with van der Waals surface area (Å²) in [6.07, 6.45) is 0. The zero-order valence-corrected chi connectivity index (χ0v) is 30.1. The van der Waals surface area contributed by atoms with Gasteiger partial charge in [-0.2, -0.15) is 0 Å². The molecule has 3 heteroatoms. The molecule has 3 heterocycles. The highest BCUT2D eigenvalue weighted by Gasteiger charge is 2.54. The van der Waals surface area contributed by atoms with E-state index in [1.165, 1.54) is 84.1 Å². The van der Waals surface area contributed by atoms with Gasteiger partial charge in [0.2, 0.25) is 0 Å². The third kappa shape index (κ3) is 4.61. The van der Waals surface area contributed by atoms with Crippen molar-refractivity contribution in [1.29, 1.82) is 0 Å². The van der Waals surface area contributed by atoms with Crippen molar-refractivity contribution in [2.24, 2.45) is 0 Å². The lowest BCUT2D eigenvalue weighted by atomic mass is 9.90. The molecule has 0 bridgehead atoms. The molecule has 49 heavy (non-hydrogen) atoms. The average molecular weight is 679 g/mol. The monoisotopic (exact) mass is 678 g/mol. The molecule has 0 radical (unpaired) electrons. The van der Waals surface area contributed by atoms with Crippen molar-refractivity contribution in [3.63, 3.8) is 0 Å². The Labute approximate surface area is 297 Å². The molecule has 1 aliphatic rings. The van der Waals surface area contributed by atoms with Crippen molar-refractivity contribution in [3.8, 4) is 0 Å². The molecule has 9 rings (SSSR count). The van der Waals surface area contributed by atoms with Crippen molar-refractivity contribution in [3.05, 3.63) is 202 Å². The van der Waals surface area contributed by atoms with Gasteiger partial charge in [-0.25, -0.2) is 0 Å². The van der Waals surface area contributed by atoms with Crippen molar-refractivity contribution in [1.82, 2.24) is 0 Å². The highest BCUT2D eigenvalue weighted by Crippen LogP contribution is 2.59. The van der Waals surface area contributed by atoms with Gasteiger partial charge in [0.25, 0.3) is 0 Å². The number of hydrogen-bond donors (Lipinski definition) is 0. The van der Waals surface area contributed by atoms with E-state index in [-0.39, 0.29) is 0 Å². The van der Waals surface area contributed by atoms with Gasteiger partial charge in [-0.05, 0) is 90.9 Å². The van der Waals surface area contributed by atoms with E-state index in [1.807, 2.05) is 22.7 Å². The predicted molar refractivity (Wildman–Crippen MR) is 218 cm³/mol. The largest absolute Gasteiger partial charge is 0.184 e. The van der Waals surface area contributed by atoms with Crippen LogP contribution in [0.3, 0.4) is 0 Å². The lowest BCUT2D eigenvalue weighted by Crippen LogP contribution is -2.59. The summed E-state index contributed by atoms with van der Waals surface area (Å²) in [4.78, 5) is 2.81. The molecule has 0 saturated heterocycles. The normalized spacial score (nSPS) is 14.3. The van der Waals surface area contributed by atoms with Gasteiger partial charge in [-0.3, -0.25) is 0 Å². The van der Waals surface area contributed by atoms with E-state index >= 15 is 0 Å². The molecule has 8 aromatic rings. The van der Waals surface area contributed by atoms with Crippen LogP contribution in [-0.4, -0.2) is 8.07 Å². The second-order valence-corrected chi connectivity index (χ2v) is 18.6. The fraction of sp³-hybridized carbons (Fsp3) is 0.0435. The molecule has 0 atom stereocenters. The zero-order chi connectivity index (χ0) is 33.0. The molecule has 0 fully saturated rings. The van der Waals surface area contributed by atoms with E-state index < -0.39 is 8.07 Å². The average Bonchev–Trinajstić information content (AvgIpc) is 3.80. The van der Waals surface area contributed by atoms with Gasteiger partial charge in [-0.1, -0.05) is 158 Å². The lowest BCUT2D eigenvalue weighted by molar-refractivity contribution is 1.56. The van der Waals surface area contributed by atoms with E-state index in [0.29, 0.717) is 0 Å². The third-order valence-corrected chi connectivity index (χ3v) is 18.0. The second kappa shape index (κ2) is 12.1. The highest BCUT2D eigenvalue weighted by molar-refractivity contribution is 7.35. The van der Waals surface area contributed by atoms with Gasteiger partial charge in [0, 0.05) is 19.2 Å². The van der Waals surface area contributed by atoms with Crippen LogP contribution in [-0.2, 0) is 0 Å². The Balaban J connectivity index is 1.58. The summed E-state index contributed by atoms with van der Waals surface area (Å²) in [5.41, 5.74) is 8.01. The van der Waals surface area contributed by atoms with E-state index in [2.05, 4.69) is 184 Å². The number of aryl methyl sites for hydroxylation is 2. The smallest absolute Gasteiger partial charge is 0.136 e. The number of hydrogen-bond acceptors (Lipinski definition) is 2. The molecule has 6 aromatic carbocycles. The summed E-state index contributed by atoms with van der Waals surface area (Å²) >= 11 is 3.94. The lowest BCUT2D eigenvalue weighted by Gasteiger charge is -2.35. The van der Waals surface area contributed by atoms with Crippen LogP contribution in [0.25, 0.3) is 41.7 Å². The molecular weight excluding hydrogens is 645 g/mol. The molecule has 234 valence electrons. The third-order valence-electron chi connectivity index (χ3n) is 10.2. The second-order valence-electron chi connectivity index (χ2n) is 12.8. The minimum absolute atomic E-state index is 1.27. The molecule has 0 amide bonds. The van der Waals surface area contributed by atoms with Gasteiger partial charge < -0.3 is 0 Å². The first-order valence-electron chi connectivity index (χ1n) is 16.9. The number of rotatable bonds is 6. The Morgan fingerprint density at radius 1 is 0.367 bits per heavy atom. The topological polar surface area (TPSA) is 0 Å². The van der Waals surface area contributed by atoms with Crippen molar-refractivity contribution in [2.45, 2.75) is 13.8 Å². The zero-order valence-electron chi connectivity index (χ0n) is 27.5. The maximum Gasteiger partial charge on any atom is 0.184 e.